The first-order valence-corrected chi connectivity index (χ1v) is 14.2. The number of H-pyrrole nitrogens is 1. The molecule has 42 heavy (non-hydrogen) atoms. The van der Waals surface area contributed by atoms with E-state index in [1.54, 1.807) is 24.3 Å². The van der Waals surface area contributed by atoms with Crippen LogP contribution in [0, 0.1) is 0 Å². The lowest BCUT2D eigenvalue weighted by Crippen LogP contribution is -2.43. The Hall–Kier alpha value is -4.53. The number of pyridine rings is 1. The molecule has 2 aromatic heterocycles. The van der Waals surface area contributed by atoms with Gasteiger partial charge in [0.25, 0.3) is 10.0 Å². The second-order valence-corrected chi connectivity index (χ2v) is 11.5. The van der Waals surface area contributed by atoms with E-state index in [0.29, 0.717) is 36.0 Å². The van der Waals surface area contributed by atoms with Gasteiger partial charge in [0.15, 0.2) is 0 Å². The van der Waals surface area contributed by atoms with Crippen LogP contribution >= 0.6 is 0 Å². The van der Waals surface area contributed by atoms with Crippen LogP contribution in [0.3, 0.4) is 0 Å². The highest BCUT2D eigenvalue weighted by Crippen LogP contribution is 2.41. The molecule has 1 atom stereocenters. The van der Waals surface area contributed by atoms with Crippen LogP contribution in [0.25, 0.3) is 11.3 Å². The number of aromatic nitrogens is 3. The third-order valence-corrected chi connectivity index (χ3v) is 8.23. The van der Waals surface area contributed by atoms with E-state index in [9.17, 15) is 26.4 Å². The van der Waals surface area contributed by atoms with Crippen LogP contribution in [0.1, 0.15) is 18.4 Å². The monoisotopic (exact) mass is 605 g/mol. The van der Waals surface area contributed by atoms with Gasteiger partial charge in [-0.2, -0.15) is 13.2 Å². The van der Waals surface area contributed by atoms with Crippen molar-refractivity contribution in [1.29, 1.82) is 0 Å². The molecule has 3 heterocycles. The standard InChI is InChI=1S/C27H26F3N5O6S/c1-34(2)24-10-4-9-21(31-24)17-11-12-23-22(14-17)35(42(37,38)20-8-3-6-18(15-20)27(28,29)30)16-19(40-23)7-5-13-39-25-32-26(36)41-33-25/h3-4,6,8-12,14-15,19H,5,7,13,16H2,1-2H3,(H,32,33,36). The summed E-state index contributed by atoms with van der Waals surface area (Å²) in [4.78, 5) is 19.2. The van der Waals surface area contributed by atoms with Crippen molar-refractivity contribution in [3.63, 3.8) is 0 Å². The molecule has 5 rings (SSSR count). The number of fused-ring (bicyclic) bond motifs is 1. The molecule has 15 heteroatoms. The summed E-state index contributed by atoms with van der Waals surface area (Å²) in [7, 11) is -0.772. The molecule has 222 valence electrons. The van der Waals surface area contributed by atoms with E-state index in [1.165, 1.54) is 0 Å². The molecule has 0 saturated carbocycles. The van der Waals surface area contributed by atoms with E-state index in [2.05, 4.69) is 19.6 Å². The Morgan fingerprint density at radius 1 is 1.12 bits per heavy atom. The van der Waals surface area contributed by atoms with E-state index in [4.69, 9.17) is 9.47 Å². The van der Waals surface area contributed by atoms with Crippen LogP contribution in [0.4, 0.5) is 24.7 Å². The van der Waals surface area contributed by atoms with Gasteiger partial charge in [-0.1, -0.05) is 12.1 Å². The lowest BCUT2D eigenvalue weighted by molar-refractivity contribution is -0.137. The zero-order valence-corrected chi connectivity index (χ0v) is 23.3. The number of hydrogen-bond acceptors (Lipinski definition) is 9. The van der Waals surface area contributed by atoms with E-state index >= 15 is 0 Å². The second-order valence-electron chi connectivity index (χ2n) is 9.65. The Kier molecular flexibility index (Phi) is 7.86. The van der Waals surface area contributed by atoms with Gasteiger partial charge in [-0.25, -0.2) is 23.2 Å². The Morgan fingerprint density at radius 2 is 1.90 bits per heavy atom. The molecule has 1 aliphatic heterocycles. The van der Waals surface area contributed by atoms with Crippen molar-refractivity contribution in [2.24, 2.45) is 0 Å². The zero-order chi connectivity index (χ0) is 30.1. The number of aromatic amines is 1. The fourth-order valence-electron chi connectivity index (χ4n) is 4.40. The summed E-state index contributed by atoms with van der Waals surface area (Å²) in [6.45, 7) is -0.0522. The first-order valence-electron chi connectivity index (χ1n) is 12.8. The van der Waals surface area contributed by atoms with Gasteiger partial charge in [-0.15, -0.1) is 0 Å². The van der Waals surface area contributed by atoms with Crippen LogP contribution < -0.4 is 24.4 Å². The fraction of sp³-hybridized carbons (Fsp3) is 0.296. The van der Waals surface area contributed by atoms with Crippen LogP contribution in [0.5, 0.6) is 11.8 Å². The second kappa shape index (κ2) is 11.4. The van der Waals surface area contributed by atoms with Crippen molar-refractivity contribution in [3.8, 4) is 23.0 Å². The number of alkyl halides is 3. The van der Waals surface area contributed by atoms with Gasteiger partial charge in [-0.05, 0) is 66.5 Å². The third-order valence-electron chi connectivity index (χ3n) is 6.46. The fourth-order valence-corrected chi connectivity index (χ4v) is 5.95. The Morgan fingerprint density at radius 3 is 2.62 bits per heavy atom. The van der Waals surface area contributed by atoms with Crippen LogP contribution in [-0.2, 0) is 16.2 Å². The van der Waals surface area contributed by atoms with Gasteiger partial charge < -0.3 is 14.4 Å². The highest BCUT2D eigenvalue weighted by Gasteiger charge is 2.37. The average molecular weight is 606 g/mol. The van der Waals surface area contributed by atoms with E-state index < -0.39 is 38.5 Å². The van der Waals surface area contributed by atoms with Crippen molar-refractivity contribution in [1.82, 2.24) is 15.1 Å². The zero-order valence-electron chi connectivity index (χ0n) is 22.5. The summed E-state index contributed by atoms with van der Waals surface area (Å²) in [5.74, 6) is 0.165. The highest BCUT2D eigenvalue weighted by atomic mass is 32.2. The van der Waals surface area contributed by atoms with E-state index in [0.717, 1.165) is 22.5 Å². The van der Waals surface area contributed by atoms with Crippen LogP contribution in [-0.4, -0.2) is 56.9 Å². The molecule has 0 spiro atoms. The minimum absolute atomic E-state index is 0.0943. The summed E-state index contributed by atoms with van der Waals surface area (Å²) in [5, 5.41) is 3.41. The van der Waals surface area contributed by atoms with Crippen LogP contribution in [0.2, 0.25) is 0 Å². The molecule has 0 fully saturated rings. The van der Waals surface area contributed by atoms with Gasteiger partial charge >= 0.3 is 17.9 Å². The first kappa shape index (κ1) is 29.0. The molecule has 1 unspecified atom stereocenters. The van der Waals surface area contributed by atoms with Crippen molar-refractivity contribution in [3.05, 3.63) is 76.8 Å². The lowest BCUT2D eigenvalue weighted by atomic mass is 10.1. The summed E-state index contributed by atoms with van der Waals surface area (Å²) >= 11 is 0. The largest absolute Gasteiger partial charge is 0.486 e. The number of nitrogens with zero attached hydrogens (tertiary/aromatic N) is 4. The van der Waals surface area contributed by atoms with Crippen molar-refractivity contribution in [2.45, 2.75) is 30.0 Å². The molecular formula is C27H26F3N5O6S. The number of anilines is 2. The Bertz CT molecular complexity index is 1740. The van der Waals surface area contributed by atoms with E-state index in [1.807, 2.05) is 31.1 Å². The maximum atomic E-state index is 13.9. The number of sulfonamides is 1. The van der Waals surface area contributed by atoms with Crippen molar-refractivity contribution < 1.29 is 35.6 Å². The number of ether oxygens (including phenoxy) is 2. The summed E-state index contributed by atoms with van der Waals surface area (Å²) in [6, 6.07) is 13.9. The molecule has 4 aromatic rings. The van der Waals surface area contributed by atoms with Gasteiger partial charge in [-0.3, -0.25) is 8.83 Å². The number of hydrogen-bond donors (Lipinski definition) is 1. The van der Waals surface area contributed by atoms with Gasteiger partial charge in [0, 0.05) is 19.7 Å². The summed E-state index contributed by atoms with van der Waals surface area (Å²) in [5.41, 5.74) is 0.272. The van der Waals surface area contributed by atoms with Gasteiger partial charge in [0.2, 0.25) is 0 Å². The quantitative estimate of drug-likeness (QED) is 0.277. The molecule has 1 aliphatic rings. The molecule has 0 saturated heterocycles. The number of benzene rings is 2. The minimum Gasteiger partial charge on any atom is -0.486 e. The highest BCUT2D eigenvalue weighted by molar-refractivity contribution is 7.92. The maximum absolute atomic E-state index is 13.9. The topological polar surface area (TPSA) is 131 Å². The molecule has 0 aliphatic carbocycles. The summed E-state index contributed by atoms with van der Waals surface area (Å²) in [6.07, 6.45) is -4.67. The minimum atomic E-state index is -4.72. The number of nitrogens with one attached hydrogen (secondary N) is 1. The molecule has 11 nitrogen and oxygen atoms in total. The molecule has 0 amide bonds. The molecule has 1 N–H and O–H groups in total. The molecule has 2 aromatic carbocycles. The molecular weight excluding hydrogens is 579 g/mol. The maximum Gasteiger partial charge on any atom is 0.441 e. The van der Waals surface area contributed by atoms with Gasteiger partial charge in [0.05, 0.1) is 35.0 Å². The Labute approximate surface area is 238 Å². The molecule has 0 bridgehead atoms. The van der Waals surface area contributed by atoms with Crippen molar-refractivity contribution >= 4 is 21.5 Å². The smallest absolute Gasteiger partial charge is 0.441 e. The van der Waals surface area contributed by atoms with Crippen molar-refractivity contribution in [2.75, 3.05) is 36.5 Å². The number of rotatable bonds is 9. The third kappa shape index (κ3) is 6.20. The van der Waals surface area contributed by atoms with E-state index in [-0.39, 0.29) is 30.6 Å². The predicted molar refractivity (Wildman–Crippen MR) is 146 cm³/mol. The first-order chi connectivity index (χ1) is 19.9. The Balaban J connectivity index is 1.47. The average Bonchev–Trinajstić information content (AvgIpc) is 3.39. The molecule has 0 radical (unpaired) electrons. The summed E-state index contributed by atoms with van der Waals surface area (Å²) < 4.78 is 85.0. The van der Waals surface area contributed by atoms with Gasteiger partial charge in [0.1, 0.15) is 17.7 Å². The lowest BCUT2D eigenvalue weighted by Gasteiger charge is -2.36. The predicted octanol–water partition coefficient (Wildman–Crippen LogP) is 4.33. The van der Waals surface area contributed by atoms with Crippen LogP contribution in [0.15, 0.2) is 74.9 Å². The SMILES string of the molecule is CN(C)c1cccc(-c2ccc3c(c2)N(S(=O)(=O)c2cccc(C(F)(F)F)c2)CC(CCCOc2noc(=O)[nH]2)O3)n1. The normalized spacial score (nSPS) is 15.2. The number of halogens is 3.